The van der Waals surface area contributed by atoms with E-state index in [1.807, 2.05) is 30.3 Å². The third-order valence-corrected chi connectivity index (χ3v) is 3.91. The Labute approximate surface area is 121 Å². The van der Waals surface area contributed by atoms with Crippen molar-refractivity contribution in [2.75, 3.05) is 12.3 Å². The van der Waals surface area contributed by atoms with Crippen LogP contribution in [0.1, 0.15) is 5.76 Å². The Morgan fingerprint density at radius 3 is 2.95 bits per heavy atom. The van der Waals surface area contributed by atoms with Crippen LogP contribution < -0.4 is 5.32 Å². The fourth-order valence-electron chi connectivity index (χ4n) is 1.94. The van der Waals surface area contributed by atoms with Crippen molar-refractivity contribution in [1.82, 2.24) is 15.3 Å². The van der Waals surface area contributed by atoms with E-state index in [1.165, 1.54) is 0 Å². The van der Waals surface area contributed by atoms with Crippen molar-refractivity contribution in [3.8, 4) is 0 Å². The van der Waals surface area contributed by atoms with Crippen LogP contribution in [0.4, 0.5) is 0 Å². The predicted octanol–water partition coefficient (Wildman–Crippen LogP) is 3.10. The SMILES string of the molecule is c1coc(CNCCSc2ncnc3ccccc23)c1. The number of hydrogen-bond donors (Lipinski definition) is 1. The van der Waals surface area contributed by atoms with Gasteiger partial charge in [-0.1, -0.05) is 18.2 Å². The summed E-state index contributed by atoms with van der Waals surface area (Å²) < 4.78 is 5.27. The van der Waals surface area contributed by atoms with Crippen LogP contribution in [-0.4, -0.2) is 22.3 Å². The highest BCUT2D eigenvalue weighted by molar-refractivity contribution is 7.99. The standard InChI is InChI=1S/C15H15N3OS/c1-2-6-14-13(5-1)15(18-11-17-14)20-9-7-16-10-12-4-3-8-19-12/h1-6,8,11,16H,7,9-10H2. The molecule has 1 N–H and O–H groups in total. The van der Waals surface area contributed by atoms with Crippen molar-refractivity contribution < 1.29 is 4.42 Å². The van der Waals surface area contributed by atoms with Crippen LogP contribution in [-0.2, 0) is 6.54 Å². The summed E-state index contributed by atoms with van der Waals surface area (Å²) in [6, 6.07) is 12.0. The summed E-state index contributed by atoms with van der Waals surface area (Å²) in [5, 5.41) is 5.50. The molecule has 0 atom stereocenters. The second kappa shape index (κ2) is 6.54. The molecule has 0 aliphatic carbocycles. The number of nitrogens with zero attached hydrogens (tertiary/aromatic N) is 2. The lowest BCUT2D eigenvalue weighted by Crippen LogP contribution is -2.16. The van der Waals surface area contributed by atoms with Gasteiger partial charge in [-0.3, -0.25) is 0 Å². The number of hydrogen-bond acceptors (Lipinski definition) is 5. The number of rotatable bonds is 6. The molecule has 102 valence electrons. The van der Waals surface area contributed by atoms with Crippen molar-refractivity contribution in [2.24, 2.45) is 0 Å². The van der Waals surface area contributed by atoms with E-state index in [2.05, 4.69) is 21.4 Å². The molecule has 4 nitrogen and oxygen atoms in total. The maximum Gasteiger partial charge on any atom is 0.117 e. The molecule has 1 aromatic carbocycles. The first kappa shape index (κ1) is 13.1. The van der Waals surface area contributed by atoms with E-state index < -0.39 is 0 Å². The summed E-state index contributed by atoms with van der Waals surface area (Å²) >= 11 is 1.74. The zero-order valence-corrected chi connectivity index (χ0v) is 11.8. The molecule has 3 rings (SSSR count). The van der Waals surface area contributed by atoms with Crippen LogP contribution in [0, 0.1) is 0 Å². The van der Waals surface area contributed by atoms with Gasteiger partial charge in [0.25, 0.3) is 0 Å². The maximum atomic E-state index is 5.27. The van der Waals surface area contributed by atoms with Gasteiger partial charge in [-0.2, -0.15) is 0 Å². The van der Waals surface area contributed by atoms with Crippen LogP contribution in [0.15, 0.2) is 58.4 Å². The molecule has 0 spiro atoms. The number of aromatic nitrogens is 2. The van der Waals surface area contributed by atoms with Gasteiger partial charge >= 0.3 is 0 Å². The van der Waals surface area contributed by atoms with Crippen LogP contribution in [0.2, 0.25) is 0 Å². The molecule has 3 aromatic rings. The molecule has 0 amide bonds. The van der Waals surface area contributed by atoms with E-state index in [1.54, 1.807) is 24.4 Å². The quantitative estimate of drug-likeness (QED) is 0.428. The van der Waals surface area contributed by atoms with E-state index in [-0.39, 0.29) is 0 Å². The minimum Gasteiger partial charge on any atom is -0.468 e. The van der Waals surface area contributed by atoms with Crippen molar-refractivity contribution in [2.45, 2.75) is 11.6 Å². The van der Waals surface area contributed by atoms with Crippen LogP contribution in [0.3, 0.4) is 0 Å². The summed E-state index contributed by atoms with van der Waals surface area (Å²) in [6.07, 6.45) is 3.32. The van der Waals surface area contributed by atoms with Gasteiger partial charge in [0.15, 0.2) is 0 Å². The predicted molar refractivity (Wildman–Crippen MR) is 80.7 cm³/mol. The summed E-state index contributed by atoms with van der Waals surface area (Å²) in [7, 11) is 0. The number of benzene rings is 1. The molecule has 0 radical (unpaired) electrons. The second-order valence-electron chi connectivity index (χ2n) is 4.30. The lowest BCUT2D eigenvalue weighted by molar-refractivity contribution is 0.488. The van der Waals surface area contributed by atoms with Gasteiger partial charge in [-0.15, -0.1) is 11.8 Å². The van der Waals surface area contributed by atoms with E-state index in [9.17, 15) is 0 Å². The fraction of sp³-hybridized carbons (Fsp3) is 0.200. The largest absolute Gasteiger partial charge is 0.468 e. The molecule has 20 heavy (non-hydrogen) atoms. The third kappa shape index (κ3) is 3.18. The highest BCUT2D eigenvalue weighted by Gasteiger charge is 2.03. The Balaban J connectivity index is 1.52. The van der Waals surface area contributed by atoms with Crippen molar-refractivity contribution >= 4 is 22.7 Å². The highest BCUT2D eigenvalue weighted by Crippen LogP contribution is 2.23. The maximum absolute atomic E-state index is 5.27. The summed E-state index contributed by atoms with van der Waals surface area (Å²) in [5.74, 6) is 1.92. The van der Waals surface area contributed by atoms with Crippen molar-refractivity contribution in [1.29, 1.82) is 0 Å². The molecular formula is C15H15N3OS. The number of nitrogens with one attached hydrogen (secondary N) is 1. The Bertz CT molecular complexity index is 664. The minimum atomic E-state index is 0.762. The van der Waals surface area contributed by atoms with E-state index in [4.69, 9.17) is 4.42 Å². The number of fused-ring (bicyclic) bond motifs is 1. The van der Waals surface area contributed by atoms with Gasteiger partial charge in [-0.05, 0) is 18.2 Å². The minimum absolute atomic E-state index is 0.762. The molecular weight excluding hydrogens is 270 g/mol. The van der Waals surface area contributed by atoms with E-state index >= 15 is 0 Å². The van der Waals surface area contributed by atoms with Crippen molar-refractivity contribution in [3.05, 3.63) is 54.7 Å². The fourth-order valence-corrected chi connectivity index (χ4v) is 2.83. The molecule has 0 saturated heterocycles. The number of thioether (sulfide) groups is 1. The molecule has 2 heterocycles. The molecule has 5 heteroatoms. The molecule has 0 bridgehead atoms. The lowest BCUT2D eigenvalue weighted by atomic mass is 10.2. The Morgan fingerprint density at radius 2 is 2.05 bits per heavy atom. The third-order valence-electron chi connectivity index (χ3n) is 2.90. The molecule has 0 aliphatic heterocycles. The Kier molecular flexibility index (Phi) is 4.30. The normalized spacial score (nSPS) is 11.0. The molecule has 2 aromatic heterocycles. The molecule has 0 fully saturated rings. The first-order valence-corrected chi connectivity index (χ1v) is 7.48. The van der Waals surface area contributed by atoms with Crippen LogP contribution >= 0.6 is 11.8 Å². The second-order valence-corrected chi connectivity index (χ2v) is 5.38. The monoisotopic (exact) mass is 285 g/mol. The van der Waals surface area contributed by atoms with Crippen LogP contribution in [0.25, 0.3) is 10.9 Å². The average molecular weight is 285 g/mol. The number of para-hydroxylation sites is 1. The summed E-state index contributed by atoms with van der Waals surface area (Å²) in [6.45, 7) is 1.67. The lowest BCUT2D eigenvalue weighted by Gasteiger charge is -2.05. The molecule has 0 unspecified atom stereocenters. The molecule has 0 aliphatic rings. The van der Waals surface area contributed by atoms with E-state index in [0.29, 0.717) is 0 Å². The van der Waals surface area contributed by atoms with Gasteiger partial charge in [0, 0.05) is 17.7 Å². The van der Waals surface area contributed by atoms with Crippen LogP contribution in [0.5, 0.6) is 0 Å². The summed E-state index contributed by atoms with van der Waals surface area (Å²) in [5.41, 5.74) is 0.994. The average Bonchev–Trinajstić information content (AvgIpc) is 3.00. The van der Waals surface area contributed by atoms with Gasteiger partial charge in [0.2, 0.25) is 0 Å². The zero-order chi connectivity index (χ0) is 13.6. The van der Waals surface area contributed by atoms with E-state index in [0.717, 1.165) is 40.5 Å². The molecule has 0 saturated carbocycles. The first-order chi connectivity index (χ1) is 9.93. The van der Waals surface area contributed by atoms with Gasteiger partial charge in [-0.25, -0.2) is 9.97 Å². The first-order valence-electron chi connectivity index (χ1n) is 6.49. The van der Waals surface area contributed by atoms with Gasteiger partial charge in [0.05, 0.1) is 18.3 Å². The number of furan rings is 1. The van der Waals surface area contributed by atoms with Gasteiger partial charge < -0.3 is 9.73 Å². The Hall–Kier alpha value is -1.85. The van der Waals surface area contributed by atoms with Crippen molar-refractivity contribution in [3.63, 3.8) is 0 Å². The Morgan fingerprint density at radius 1 is 1.10 bits per heavy atom. The van der Waals surface area contributed by atoms with Gasteiger partial charge in [0.1, 0.15) is 17.1 Å². The highest BCUT2D eigenvalue weighted by atomic mass is 32.2. The summed E-state index contributed by atoms with van der Waals surface area (Å²) in [4.78, 5) is 8.63. The zero-order valence-electron chi connectivity index (χ0n) is 11.0. The topological polar surface area (TPSA) is 51.0 Å². The smallest absolute Gasteiger partial charge is 0.117 e.